The zero-order valence-corrected chi connectivity index (χ0v) is 6.77. The molecule has 0 saturated heterocycles. The van der Waals surface area contributed by atoms with Gasteiger partial charge in [0.15, 0.2) is 11.8 Å². The Kier molecular flexibility index (Phi) is 2.98. The molecule has 0 aliphatic heterocycles. The van der Waals surface area contributed by atoms with Crippen molar-refractivity contribution in [3.05, 3.63) is 0 Å². The number of aliphatic hydroxyl groups is 2. The van der Waals surface area contributed by atoms with E-state index < -0.39 is 17.8 Å². The molecule has 0 aliphatic rings. The van der Waals surface area contributed by atoms with Crippen LogP contribution in [0.2, 0.25) is 0 Å². The summed E-state index contributed by atoms with van der Waals surface area (Å²) < 4.78 is 0. The summed E-state index contributed by atoms with van der Waals surface area (Å²) in [5.41, 5.74) is -1.64. The first-order valence-corrected chi connectivity index (χ1v) is 3.10. The van der Waals surface area contributed by atoms with Gasteiger partial charge in [0.2, 0.25) is 0 Å². The molecule has 3 N–H and O–H groups in total. The highest BCUT2D eigenvalue weighted by atomic mass is 16.5. The summed E-state index contributed by atoms with van der Waals surface area (Å²) in [4.78, 5) is 11.8. The molecule has 0 amide bonds. The van der Waals surface area contributed by atoms with Gasteiger partial charge in [-0.15, -0.1) is 0 Å². The fourth-order valence-corrected chi connectivity index (χ4v) is 0.533. The van der Waals surface area contributed by atoms with Crippen molar-refractivity contribution >= 4 is 5.97 Å². The van der Waals surface area contributed by atoms with Crippen LogP contribution < -0.4 is 0 Å². The predicted molar refractivity (Wildman–Crippen MR) is 38.0 cm³/mol. The highest BCUT2D eigenvalue weighted by Gasteiger charge is 2.42. The third-order valence-corrected chi connectivity index (χ3v) is 1.86. The van der Waals surface area contributed by atoms with Gasteiger partial charge in [0.25, 0.3) is 0 Å². The summed E-state index contributed by atoms with van der Waals surface area (Å²) in [5, 5.41) is 26.1. The molecule has 0 fully saturated rings. The fourth-order valence-electron chi connectivity index (χ4n) is 0.533. The number of likely N-dealkylation sites (N-methyl/N-ethyl adjacent to an activating group) is 1. The van der Waals surface area contributed by atoms with E-state index in [2.05, 4.69) is 0 Å². The van der Waals surface area contributed by atoms with Crippen molar-refractivity contribution in [3.63, 3.8) is 0 Å². The van der Waals surface area contributed by atoms with Gasteiger partial charge >= 0.3 is 5.97 Å². The molecule has 0 bridgehead atoms. The SMILES string of the molecule is CN(C)C(C)(C(=O)O)C(O)O. The lowest BCUT2D eigenvalue weighted by Gasteiger charge is -2.33. The van der Waals surface area contributed by atoms with Crippen molar-refractivity contribution in [1.29, 1.82) is 0 Å². The molecule has 66 valence electrons. The molecule has 1 unspecified atom stereocenters. The standard InChI is InChI=1S/C6H13NO4/c1-6(4(8)9,5(10)11)7(2)3/h4,8-9H,1-3H3,(H,10,11). The van der Waals surface area contributed by atoms with Crippen LogP contribution in [0.5, 0.6) is 0 Å². The van der Waals surface area contributed by atoms with Crippen molar-refractivity contribution in [2.45, 2.75) is 18.8 Å². The highest BCUT2D eigenvalue weighted by Crippen LogP contribution is 2.14. The Morgan fingerprint density at radius 2 is 1.82 bits per heavy atom. The normalized spacial score (nSPS) is 17.0. The molecule has 0 aromatic carbocycles. The lowest BCUT2D eigenvalue weighted by atomic mass is 10.0. The number of hydrogen-bond donors (Lipinski definition) is 3. The molecule has 5 heteroatoms. The number of rotatable bonds is 3. The van der Waals surface area contributed by atoms with Crippen LogP contribution >= 0.6 is 0 Å². The zero-order chi connectivity index (χ0) is 9.23. The molecular weight excluding hydrogens is 150 g/mol. The van der Waals surface area contributed by atoms with Gasteiger partial charge < -0.3 is 15.3 Å². The average molecular weight is 163 g/mol. The van der Waals surface area contributed by atoms with Crippen LogP contribution in [0.1, 0.15) is 6.92 Å². The number of carbonyl (C=O) groups is 1. The minimum Gasteiger partial charge on any atom is -0.480 e. The van der Waals surface area contributed by atoms with E-state index in [0.29, 0.717) is 0 Å². The predicted octanol–water partition coefficient (Wildman–Crippen LogP) is -1.30. The number of nitrogens with zero attached hydrogens (tertiary/aromatic N) is 1. The molecular formula is C6H13NO4. The van der Waals surface area contributed by atoms with Crippen LogP contribution in [0, 0.1) is 0 Å². The van der Waals surface area contributed by atoms with E-state index in [1.165, 1.54) is 25.9 Å². The third-order valence-electron chi connectivity index (χ3n) is 1.86. The van der Waals surface area contributed by atoms with Crippen LogP contribution in [0.4, 0.5) is 0 Å². The van der Waals surface area contributed by atoms with Gasteiger partial charge in [0.05, 0.1) is 0 Å². The topological polar surface area (TPSA) is 81.0 Å². The summed E-state index contributed by atoms with van der Waals surface area (Å²) in [7, 11) is 2.93. The Bertz CT molecular complexity index is 147. The second-order valence-corrected chi connectivity index (χ2v) is 2.72. The van der Waals surface area contributed by atoms with Crippen molar-refractivity contribution in [2.24, 2.45) is 0 Å². The van der Waals surface area contributed by atoms with Crippen LogP contribution in [0.3, 0.4) is 0 Å². The van der Waals surface area contributed by atoms with Crippen LogP contribution in [0.15, 0.2) is 0 Å². The van der Waals surface area contributed by atoms with E-state index in [-0.39, 0.29) is 0 Å². The molecule has 0 aromatic heterocycles. The Morgan fingerprint density at radius 3 is 1.82 bits per heavy atom. The fraction of sp³-hybridized carbons (Fsp3) is 0.833. The molecule has 5 nitrogen and oxygen atoms in total. The first-order chi connectivity index (χ1) is 4.83. The van der Waals surface area contributed by atoms with E-state index in [1.54, 1.807) is 0 Å². The molecule has 0 heterocycles. The number of aliphatic carboxylic acids is 1. The van der Waals surface area contributed by atoms with Crippen molar-refractivity contribution in [3.8, 4) is 0 Å². The lowest BCUT2D eigenvalue weighted by Crippen LogP contribution is -2.57. The second kappa shape index (κ2) is 3.17. The highest BCUT2D eigenvalue weighted by molar-refractivity contribution is 5.78. The molecule has 0 radical (unpaired) electrons. The van der Waals surface area contributed by atoms with Crippen molar-refractivity contribution in [1.82, 2.24) is 4.90 Å². The van der Waals surface area contributed by atoms with E-state index >= 15 is 0 Å². The van der Waals surface area contributed by atoms with Gasteiger partial charge in [-0.2, -0.15) is 0 Å². The lowest BCUT2D eigenvalue weighted by molar-refractivity contribution is -0.179. The van der Waals surface area contributed by atoms with Gasteiger partial charge in [-0.1, -0.05) is 0 Å². The molecule has 0 saturated carbocycles. The second-order valence-electron chi connectivity index (χ2n) is 2.72. The first kappa shape index (κ1) is 10.3. The largest absolute Gasteiger partial charge is 0.480 e. The molecule has 1 atom stereocenters. The van der Waals surface area contributed by atoms with Crippen LogP contribution in [-0.4, -0.2) is 52.1 Å². The van der Waals surface area contributed by atoms with Crippen LogP contribution in [0.25, 0.3) is 0 Å². The maximum absolute atomic E-state index is 10.5. The molecule has 0 aliphatic carbocycles. The van der Waals surface area contributed by atoms with E-state index in [0.717, 1.165) is 0 Å². The minimum atomic E-state index is -1.89. The molecule has 0 spiro atoms. The Morgan fingerprint density at radius 1 is 1.45 bits per heavy atom. The van der Waals surface area contributed by atoms with E-state index in [4.69, 9.17) is 15.3 Å². The minimum absolute atomic E-state index is 1.24. The number of carboxylic acids is 1. The van der Waals surface area contributed by atoms with E-state index in [1.807, 2.05) is 0 Å². The van der Waals surface area contributed by atoms with Gasteiger partial charge in [0.1, 0.15) is 0 Å². The quantitative estimate of drug-likeness (QED) is 0.451. The smallest absolute Gasteiger partial charge is 0.329 e. The Hall–Kier alpha value is -0.650. The van der Waals surface area contributed by atoms with Gasteiger partial charge in [0, 0.05) is 0 Å². The summed E-state index contributed by atoms with van der Waals surface area (Å²) in [6.07, 6.45) is -1.89. The maximum Gasteiger partial charge on any atom is 0.329 e. The zero-order valence-electron chi connectivity index (χ0n) is 6.77. The van der Waals surface area contributed by atoms with Crippen molar-refractivity contribution < 1.29 is 20.1 Å². The number of carboxylic acid groups (broad SMARTS) is 1. The van der Waals surface area contributed by atoms with E-state index in [9.17, 15) is 4.79 Å². The van der Waals surface area contributed by atoms with Gasteiger partial charge in [-0.3, -0.25) is 9.69 Å². The summed E-state index contributed by atoms with van der Waals surface area (Å²) >= 11 is 0. The van der Waals surface area contributed by atoms with Gasteiger partial charge in [-0.25, -0.2) is 0 Å². The summed E-state index contributed by atoms with van der Waals surface area (Å²) in [5.74, 6) is -1.27. The summed E-state index contributed by atoms with van der Waals surface area (Å²) in [6, 6.07) is 0. The number of hydrogen-bond acceptors (Lipinski definition) is 4. The average Bonchev–Trinajstić information content (AvgIpc) is 1.84. The monoisotopic (exact) mass is 163 g/mol. The van der Waals surface area contributed by atoms with Crippen molar-refractivity contribution in [2.75, 3.05) is 14.1 Å². The number of aliphatic hydroxyl groups excluding tert-OH is 1. The van der Waals surface area contributed by atoms with Gasteiger partial charge in [-0.05, 0) is 21.0 Å². The molecule has 0 rings (SSSR count). The molecule has 0 aromatic rings. The Balaban J connectivity index is 4.67. The maximum atomic E-state index is 10.5. The Labute approximate surface area is 64.9 Å². The third kappa shape index (κ3) is 1.68. The first-order valence-electron chi connectivity index (χ1n) is 3.10. The molecule has 11 heavy (non-hydrogen) atoms. The summed E-state index contributed by atoms with van der Waals surface area (Å²) in [6.45, 7) is 1.24. The van der Waals surface area contributed by atoms with Crippen LogP contribution in [-0.2, 0) is 4.79 Å².